The smallest absolute Gasteiger partial charge is 0.125 e. The predicted molar refractivity (Wildman–Crippen MR) is 58.9 cm³/mol. The van der Waals surface area contributed by atoms with Crippen molar-refractivity contribution in [1.29, 1.82) is 0 Å². The predicted octanol–water partition coefficient (Wildman–Crippen LogP) is 1.89. The third-order valence-electron chi connectivity index (χ3n) is 2.18. The number of hydrogen-bond acceptors (Lipinski definition) is 3. The molecule has 84 valence electrons. The van der Waals surface area contributed by atoms with E-state index < -0.39 is 6.10 Å². The Morgan fingerprint density at radius 2 is 2.00 bits per heavy atom. The van der Waals surface area contributed by atoms with Gasteiger partial charge in [-0.15, -0.1) is 0 Å². The van der Waals surface area contributed by atoms with Gasteiger partial charge in [0.25, 0.3) is 0 Å². The zero-order chi connectivity index (χ0) is 11.1. The Hall–Kier alpha value is -1.06. The Balaban J connectivity index is 2.52. The molecule has 0 heterocycles. The maximum atomic E-state index is 9.49. The number of rotatable bonds is 6. The van der Waals surface area contributed by atoms with Crippen LogP contribution in [0.2, 0.25) is 0 Å². The molecule has 0 aliphatic carbocycles. The van der Waals surface area contributed by atoms with Crippen LogP contribution in [-0.4, -0.2) is 23.4 Å². The van der Waals surface area contributed by atoms with Crippen molar-refractivity contribution >= 4 is 0 Å². The van der Waals surface area contributed by atoms with Crippen molar-refractivity contribution < 1.29 is 14.9 Å². The minimum absolute atomic E-state index is 0.196. The normalized spacial score (nSPS) is 12.5. The van der Waals surface area contributed by atoms with Crippen molar-refractivity contribution in [2.75, 3.05) is 13.2 Å². The first-order chi connectivity index (χ1) is 7.25. The molecule has 0 aliphatic rings. The van der Waals surface area contributed by atoms with Crippen molar-refractivity contribution in [3.8, 4) is 5.75 Å². The minimum atomic E-state index is -0.515. The van der Waals surface area contributed by atoms with Crippen LogP contribution in [0.5, 0.6) is 5.75 Å². The van der Waals surface area contributed by atoms with E-state index in [4.69, 9.17) is 9.84 Å². The molecule has 2 N–H and O–H groups in total. The Morgan fingerprint density at radius 1 is 1.27 bits per heavy atom. The lowest BCUT2D eigenvalue weighted by Gasteiger charge is -2.12. The third-order valence-corrected chi connectivity index (χ3v) is 2.18. The molecule has 0 radical (unpaired) electrons. The number of aliphatic hydroxyl groups is 2. The fourth-order valence-electron chi connectivity index (χ4n) is 1.35. The molecule has 0 saturated heterocycles. The summed E-state index contributed by atoms with van der Waals surface area (Å²) in [6.07, 6.45) is 1.06. The Labute approximate surface area is 90.3 Å². The van der Waals surface area contributed by atoms with Gasteiger partial charge in [-0.1, -0.05) is 18.2 Å². The van der Waals surface area contributed by atoms with Gasteiger partial charge in [-0.2, -0.15) is 0 Å². The molecule has 0 amide bonds. The zero-order valence-electron chi connectivity index (χ0n) is 9.02. The maximum Gasteiger partial charge on any atom is 0.125 e. The highest BCUT2D eigenvalue weighted by Crippen LogP contribution is 2.24. The number of para-hydroxylation sites is 1. The first-order valence-corrected chi connectivity index (χ1v) is 5.26. The van der Waals surface area contributed by atoms with Gasteiger partial charge in [-0.25, -0.2) is 0 Å². The third kappa shape index (κ3) is 3.90. The van der Waals surface area contributed by atoms with Crippen molar-refractivity contribution in [2.45, 2.75) is 25.9 Å². The van der Waals surface area contributed by atoms with E-state index in [0.29, 0.717) is 6.61 Å². The first kappa shape index (κ1) is 12.0. The molecule has 0 aliphatic heterocycles. The van der Waals surface area contributed by atoms with Gasteiger partial charge < -0.3 is 14.9 Å². The fourth-order valence-corrected chi connectivity index (χ4v) is 1.35. The molecule has 3 heteroatoms. The van der Waals surface area contributed by atoms with E-state index in [1.807, 2.05) is 24.3 Å². The highest BCUT2D eigenvalue weighted by atomic mass is 16.5. The summed E-state index contributed by atoms with van der Waals surface area (Å²) < 4.78 is 5.53. The molecule has 1 rings (SSSR count). The van der Waals surface area contributed by atoms with E-state index in [1.54, 1.807) is 6.92 Å². The number of aliphatic hydroxyl groups excluding tert-OH is 2. The van der Waals surface area contributed by atoms with Crippen LogP contribution in [0.15, 0.2) is 24.3 Å². The number of benzene rings is 1. The van der Waals surface area contributed by atoms with E-state index in [1.165, 1.54) is 0 Å². The summed E-state index contributed by atoms with van der Waals surface area (Å²) in [6, 6.07) is 7.46. The second kappa shape index (κ2) is 6.43. The molecular formula is C12H18O3. The molecule has 0 fully saturated rings. The van der Waals surface area contributed by atoms with Crippen molar-refractivity contribution in [1.82, 2.24) is 0 Å². The average Bonchev–Trinajstić information content (AvgIpc) is 2.25. The van der Waals surface area contributed by atoms with Crippen LogP contribution in [0.4, 0.5) is 0 Å². The van der Waals surface area contributed by atoms with Gasteiger partial charge in [0.05, 0.1) is 12.7 Å². The zero-order valence-corrected chi connectivity index (χ0v) is 9.02. The lowest BCUT2D eigenvalue weighted by Crippen LogP contribution is -2.02. The van der Waals surface area contributed by atoms with Crippen LogP contribution in [0, 0.1) is 0 Å². The monoisotopic (exact) mass is 210 g/mol. The van der Waals surface area contributed by atoms with Gasteiger partial charge in [0, 0.05) is 12.2 Å². The summed E-state index contributed by atoms with van der Waals surface area (Å²) in [6.45, 7) is 2.49. The summed E-state index contributed by atoms with van der Waals surface area (Å²) in [5.41, 5.74) is 0.807. The van der Waals surface area contributed by atoms with Gasteiger partial charge in [0.15, 0.2) is 0 Å². The van der Waals surface area contributed by atoms with Crippen LogP contribution in [-0.2, 0) is 0 Å². The molecule has 1 atom stereocenters. The highest BCUT2D eigenvalue weighted by molar-refractivity contribution is 5.34. The molecular weight excluding hydrogens is 192 g/mol. The molecule has 3 nitrogen and oxygen atoms in total. The van der Waals surface area contributed by atoms with Crippen LogP contribution in [0.25, 0.3) is 0 Å². The van der Waals surface area contributed by atoms with E-state index in [2.05, 4.69) is 0 Å². The van der Waals surface area contributed by atoms with E-state index >= 15 is 0 Å². The molecule has 15 heavy (non-hydrogen) atoms. The van der Waals surface area contributed by atoms with Crippen LogP contribution in [0.3, 0.4) is 0 Å². The summed E-state index contributed by atoms with van der Waals surface area (Å²) in [5, 5.41) is 18.1. The van der Waals surface area contributed by atoms with Gasteiger partial charge in [-0.05, 0) is 25.8 Å². The fraction of sp³-hybridized carbons (Fsp3) is 0.500. The van der Waals surface area contributed by atoms with E-state index in [0.717, 1.165) is 24.2 Å². The van der Waals surface area contributed by atoms with Gasteiger partial charge in [-0.3, -0.25) is 0 Å². The quantitative estimate of drug-likeness (QED) is 0.705. The highest BCUT2D eigenvalue weighted by Gasteiger charge is 2.07. The molecule has 0 unspecified atom stereocenters. The largest absolute Gasteiger partial charge is 0.493 e. The number of hydrogen-bond donors (Lipinski definition) is 2. The average molecular weight is 210 g/mol. The molecule has 1 aromatic carbocycles. The molecule has 0 bridgehead atoms. The van der Waals surface area contributed by atoms with Gasteiger partial charge in [0.2, 0.25) is 0 Å². The summed E-state index contributed by atoms with van der Waals surface area (Å²) in [5.74, 6) is 0.727. The molecule has 0 spiro atoms. The Bertz CT molecular complexity index is 284. The van der Waals surface area contributed by atoms with Crippen LogP contribution >= 0.6 is 0 Å². The summed E-state index contributed by atoms with van der Waals surface area (Å²) in [4.78, 5) is 0. The standard InChI is InChI=1S/C12H18O3/c1-10(14)11-6-2-3-7-12(11)15-9-5-4-8-13/h2-3,6-7,10,13-14H,4-5,8-9H2,1H3/t10-/m1/s1. The van der Waals surface area contributed by atoms with E-state index in [-0.39, 0.29) is 6.61 Å². The van der Waals surface area contributed by atoms with Crippen molar-refractivity contribution in [3.05, 3.63) is 29.8 Å². The Kier molecular flexibility index (Phi) is 5.15. The SMILES string of the molecule is C[C@@H](O)c1ccccc1OCCCCO. The van der Waals surface area contributed by atoms with Crippen molar-refractivity contribution in [3.63, 3.8) is 0 Å². The first-order valence-electron chi connectivity index (χ1n) is 5.26. The van der Waals surface area contributed by atoms with Crippen LogP contribution in [0.1, 0.15) is 31.4 Å². The number of ether oxygens (including phenoxy) is 1. The summed E-state index contributed by atoms with van der Waals surface area (Å²) >= 11 is 0. The molecule has 0 aromatic heterocycles. The van der Waals surface area contributed by atoms with Crippen molar-refractivity contribution in [2.24, 2.45) is 0 Å². The Morgan fingerprint density at radius 3 is 2.67 bits per heavy atom. The maximum absolute atomic E-state index is 9.49. The number of unbranched alkanes of at least 4 members (excludes halogenated alkanes) is 1. The summed E-state index contributed by atoms with van der Waals surface area (Å²) in [7, 11) is 0. The molecule has 1 aromatic rings. The second-order valence-corrected chi connectivity index (χ2v) is 3.49. The van der Waals surface area contributed by atoms with E-state index in [9.17, 15) is 5.11 Å². The minimum Gasteiger partial charge on any atom is -0.493 e. The lowest BCUT2D eigenvalue weighted by atomic mass is 10.1. The second-order valence-electron chi connectivity index (χ2n) is 3.49. The topological polar surface area (TPSA) is 49.7 Å². The molecule has 0 saturated carbocycles. The van der Waals surface area contributed by atoms with Gasteiger partial charge in [0.1, 0.15) is 5.75 Å². The van der Waals surface area contributed by atoms with Crippen LogP contribution < -0.4 is 4.74 Å². The van der Waals surface area contributed by atoms with Gasteiger partial charge >= 0.3 is 0 Å². The lowest BCUT2D eigenvalue weighted by molar-refractivity contribution is 0.189.